The fraction of sp³-hybridized carbons (Fsp3) is 0.812. The van der Waals surface area contributed by atoms with Gasteiger partial charge in [0, 0.05) is 11.7 Å². The Balaban J connectivity index is 5.17. The van der Waals surface area contributed by atoms with Crippen molar-refractivity contribution in [3.8, 4) is 0 Å². The second kappa shape index (κ2) is 10.2. The van der Waals surface area contributed by atoms with E-state index < -0.39 is 7.37 Å². The molecule has 0 fully saturated rings. The third-order valence-electron chi connectivity index (χ3n) is 2.79. The van der Waals surface area contributed by atoms with Gasteiger partial charge in [-0.15, -0.1) is 0 Å². The number of hydrogen-bond acceptors (Lipinski definition) is 4. The molecule has 0 aliphatic rings. The average molecular weight is 318 g/mol. The normalized spacial score (nSPS) is 15.3. The predicted octanol–water partition coefficient (Wildman–Crippen LogP) is 4.49. The van der Waals surface area contributed by atoms with Crippen molar-refractivity contribution in [2.75, 3.05) is 25.5 Å². The highest BCUT2D eigenvalue weighted by molar-refractivity contribution is 7.59. The monoisotopic (exact) mass is 318 g/mol. The fourth-order valence-electron chi connectivity index (χ4n) is 2.03. The van der Waals surface area contributed by atoms with E-state index in [1.165, 1.54) is 0 Å². The highest BCUT2D eigenvalue weighted by Gasteiger charge is 2.28. The number of carbonyl (C=O) groups excluding carboxylic acids is 1. The SMILES string of the molecule is CCOC(=O)/C(=C\CC(C)C)CP(=O)(CC(C)C)OCC. The van der Waals surface area contributed by atoms with Crippen molar-refractivity contribution in [3.05, 3.63) is 11.6 Å². The summed E-state index contributed by atoms with van der Waals surface area (Å²) in [5.41, 5.74) is 0.489. The summed E-state index contributed by atoms with van der Waals surface area (Å²) in [6, 6.07) is 0. The van der Waals surface area contributed by atoms with Gasteiger partial charge >= 0.3 is 5.97 Å². The molecule has 0 radical (unpaired) electrons. The predicted molar refractivity (Wildman–Crippen MR) is 88.0 cm³/mol. The zero-order chi connectivity index (χ0) is 16.5. The lowest BCUT2D eigenvalue weighted by Gasteiger charge is -2.21. The minimum Gasteiger partial charge on any atom is -0.463 e. The molecule has 0 saturated heterocycles. The molecule has 0 heterocycles. The third-order valence-corrected chi connectivity index (χ3v) is 5.63. The van der Waals surface area contributed by atoms with E-state index in [1.54, 1.807) is 6.92 Å². The van der Waals surface area contributed by atoms with E-state index in [9.17, 15) is 9.36 Å². The number of hydrogen-bond donors (Lipinski definition) is 0. The second-order valence-electron chi connectivity index (χ2n) is 6.05. The van der Waals surface area contributed by atoms with E-state index in [0.29, 0.717) is 30.9 Å². The first kappa shape index (κ1) is 20.4. The van der Waals surface area contributed by atoms with E-state index in [1.807, 2.05) is 26.8 Å². The first-order chi connectivity index (χ1) is 9.74. The summed E-state index contributed by atoms with van der Waals surface area (Å²) < 4.78 is 23.5. The molecule has 5 heteroatoms. The van der Waals surface area contributed by atoms with Crippen LogP contribution in [0.5, 0.6) is 0 Å². The maximum absolute atomic E-state index is 12.9. The van der Waals surface area contributed by atoms with Crippen LogP contribution in [0, 0.1) is 11.8 Å². The van der Waals surface area contributed by atoms with Crippen LogP contribution in [0.2, 0.25) is 0 Å². The molecule has 0 aromatic rings. The highest BCUT2D eigenvalue weighted by Crippen LogP contribution is 2.50. The lowest BCUT2D eigenvalue weighted by molar-refractivity contribution is -0.138. The van der Waals surface area contributed by atoms with Gasteiger partial charge in [0.05, 0.1) is 19.4 Å². The topological polar surface area (TPSA) is 52.6 Å². The van der Waals surface area contributed by atoms with Crippen LogP contribution in [0.3, 0.4) is 0 Å². The molecule has 0 aliphatic carbocycles. The molecule has 0 N–H and O–H groups in total. The molecular formula is C16H31O4P. The molecule has 1 atom stereocenters. The molecule has 0 rings (SSSR count). The Kier molecular flexibility index (Phi) is 9.89. The van der Waals surface area contributed by atoms with Crippen LogP contribution < -0.4 is 0 Å². The Hall–Kier alpha value is -0.600. The minimum atomic E-state index is -2.84. The van der Waals surface area contributed by atoms with E-state index in [4.69, 9.17) is 9.26 Å². The van der Waals surface area contributed by atoms with Gasteiger partial charge in [-0.3, -0.25) is 4.57 Å². The molecule has 124 valence electrons. The number of allylic oxidation sites excluding steroid dienone is 1. The van der Waals surface area contributed by atoms with E-state index in [2.05, 4.69) is 13.8 Å². The first-order valence-electron chi connectivity index (χ1n) is 7.82. The lowest BCUT2D eigenvalue weighted by Crippen LogP contribution is -2.15. The van der Waals surface area contributed by atoms with Gasteiger partial charge in [-0.25, -0.2) is 4.79 Å². The zero-order valence-corrected chi connectivity index (χ0v) is 15.2. The Morgan fingerprint density at radius 3 is 2.14 bits per heavy atom. The summed E-state index contributed by atoms with van der Waals surface area (Å²) in [5.74, 6) is 0.323. The van der Waals surface area contributed by atoms with Gasteiger partial charge in [0.25, 0.3) is 0 Å². The van der Waals surface area contributed by atoms with Gasteiger partial charge in [-0.1, -0.05) is 33.8 Å². The maximum atomic E-state index is 12.9. The molecular weight excluding hydrogens is 287 g/mol. The summed E-state index contributed by atoms with van der Waals surface area (Å²) >= 11 is 0. The van der Waals surface area contributed by atoms with Gasteiger partial charge in [-0.2, -0.15) is 0 Å². The number of ether oxygens (including phenoxy) is 1. The van der Waals surface area contributed by atoms with Crippen molar-refractivity contribution in [1.82, 2.24) is 0 Å². The second-order valence-corrected chi connectivity index (χ2v) is 8.61. The van der Waals surface area contributed by atoms with Crippen LogP contribution in [0.15, 0.2) is 11.6 Å². The molecule has 0 aliphatic heterocycles. The Morgan fingerprint density at radius 1 is 1.10 bits per heavy atom. The molecule has 1 unspecified atom stereocenters. The zero-order valence-electron chi connectivity index (χ0n) is 14.3. The van der Waals surface area contributed by atoms with Crippen molar-refractivity contribution in [2.24, 2.45) is 11.8 Å². The Bertz CT molecular complexity index is 386. The van der Waals surface area contributed by atoms with Crippen molar-refractivity contribution < 1.29 is 18.6 Å². The Morgan fingerprint density at radius 2 is 1.71 bits per heavy atom. The van der Waals surface area contributed by atoms with Crippen molar-refractivity contribution >= 4 is 13.3 Å². The van der Waals surface area contributed by atoms with Crippen molar-refractivity contribution in [2.45, 2.75) is 48.0 Å². The smallest absolute Gasteiger partial charge is 0.334 e. The van der Waals surface area contributed by atoms with Gasteiger partial charge < -0.3 is 9.26 Å². The van der Waals surface area contributed by atoms with Crippen molar-refractivity contribution in [3.63, 3.8) is 0 Å². The van der Waals surface area contributed by atoms with Gasteiger partial charge in [0.1, 0.15) is 0 Å². The molecule has 21 heavy (non-hydrogen) atoms. The summed E-state index contributed by atoms with van der Waals surface area (Å²) in [6.45, 7) is 12.5. The molecule has 0 bridgehead atoms. The van der Waals surface area contributed by atoms with E-state index in [-0.39, 0.29) is 18.0 Å². The van der Waals surface area contributed by atoms with E-state index >= 15 is 0 Å². The van der Waals surface area contributed by atoms with Crippen LogP contribution in [0.25, 0.3) is 0 Å². The van der Waals surface area contributed by atoms with Gasteiger partial charge in [-0.05, 0) is 32.1 Å². The van der Waals surface area contributed by atoms with Crippen LogP contribution in [0.1, 0.15) is 48.0 Å². The average Bonchev–Trinajstić information content (AvgIpc) is 2.33. The number of esters is 1. The van der Waals surface area contributed by atoms with Crippen LogP contribution >= 0.6 is 7.37 Å². The molecule has 4 nitrogen and oxygen atoms in total. The summed E-state index contributed by atoms with van der Waals surface area (Å²) in [6.07, 6.45) is 3.28. The van der Waals surface area contributed by atoms with Crippen LogP contribution in [0.4, 0.5) is 0 Å². The third kappa shape index (κ3) is 9.10. The number of rotatable bonds is 10. The van der Waals surface area contributed by atoms with Gasteiger partial charge in [0.2, 0.25) is 7.37 Å². The highest BCUT2D eigenvalue weighted by atomic mass is 31.2. The standard InChI is InChI=1S/C16H31O4P/c1-7-19-16(17)15(10-9-13(3)4)12-21(18,20-8-2)11-14(5)6/h10,13-14H,7-9,11-12H2,1-6H3/b15-10-. The minimum absolute atomic E-state index is 0.171. The molecule has 0 aromatic heterocycles. The Labute approximate surface area is 129 Å². The number of carbonyl (C=O) groups is 1. The summed E-state index contributed by atoms with van der Waals surface area (Å²) in [7, 11) is -2.84. The molecule has 0 saturated carbocycles. The molecule has 0 amide bonds. The quantitative estimate of drug-likeness (QED) is 0.338. The summed E-state index contributed by atoms with van der Waals surface area (Å²) in [4.78, 5) is 12.1. The van der Waals surface area contributed by atoms with Crippen LogP contribution in [-0.2, 0) is 18.6 Å². The van der Waals surface area contributed by atoms with Gasteiger partial charge in [0.15, 0.2) is 0 Å². The maximum Gasteiger partial charge on any atom is 0.334 e. The van der Waals surface area contributed by atoms with Crippen LogP contribution in [-0.4, -0.2) is 31.5 Å². The molecule has 0 aromatic carbocycles. The fourth-order valence-corrected chi connectivity index (χ4v) is 4.71. The lowest BCUT2D eigenvalue weighted by atomic mass is 10.1. The summed E-state index contributed by atoms with van der Waals surface area (Å²) in [5, 5.41) is 0. The molecule has 0 spiro atoms. The van der Waals surface area contributed by atoms with Crippen molar-refractivity contribution in [1.29, 1.82) is 0 Å². The van der Waals surface area contributed by atoms with E-state index in [0.717, 1.165) is 6.42 Å². The first-order valence-corrected chi connectivity index (χ1v) is 9.82. The largest absolute Gasteiger partial charge is 0.463 e.